The summed E-state index contributed by atoms with van der Waals surface area (Å²) in [6, 6.07) is 9.90. The second kappa shape index (κ2) is 9.73. The monoisotopic (exact) mass is 581 g/mol. The predicted molar refractivity (Wildman–Crippen MR) is 156 cm³/mol. The third-order valence-corrected chi connectivity index (χ3v) is 10.2. The van der Waals surface area contributed by atoms with Crippen LogP contribution < -0.4 is 10.6 Å². The van der Waals surface area contributed by atoms with Crippen LogP contribution in [0.1, 0.15) is 69.5 Å². The van der Waals surface area contributed by atoms with E-state index in [2.05, 4.69) is 36.6 Å². The lowest BCUT2D eigenvalue weighted by Crippen LogP contribution is -2.55. The number of halogens is 1. The number of benzene rings is 1. The summed E-state index contributed by atoms with van der Waals surface area (Å²) in [5.41, 5.74) is 1.62. The summed E-state index contributed by atoms with van der Waals surface area (Å²) < 4.78 is 7.84. The third kappa shape index (κ3) is 5.05. The van der Waals surface area contributed by atoms with Crippen molar-refractivity contribution in [2.75, 3.05) is 38.1 Å². The first-order valence-corrected chi connectivity index (χ1v) is 15.4. The fourth-order valence-electron chi connectivity index (χ4n) is 7.00. The minimum Gasteiger partial charge on any atom is -0.388 e. The number of ether oxygens (including phenoxy) is 1. The summed E-state index contributed by atoms with van der Waals surface area (Å²) in [6.45, 7) is 7.23. The lowest BCUT2D eigenvalue weighted by atomic mass is 9.89. The molecule has 220 valence electrons. The zero-order valence-electron chi connectivity index (χ0n) is 23.9. The Morgan fingerprint density at radius 1 is 1.12 bits per heavy atom. The molecule has 2 saturated heterocycles. The van der Waals surface area contributed by atoms with Gasteiger partial charge >= 0.3 is 6.03 Å². The highest BCUT2D eigenvalue weighted by molar-refractivity contribution is 6.30. The fraction of sp³-hybridized carbons (Fsp3) is 0.613. The molecule has 2 saturated carbocycles. The molecule has 5 aliphatic rings. The van der Waals surface area contributed by atoms with E-state index in [0.717, 1.165) is 36.2 Å². The summed E-state index contributed by atoms with van der Waals surface area (Å²) in [5, 5.41) is 18.5. The molecule has 3 N–H and O–H groups in total. The number of β-amino-alcohol motifs (C(OH)–C–C–N with tert-alkyl or cyclic N) is 1. The summed E-state index contributed by atoms with van der Waals surface area (Å²) in [4.78, 5) is 30.0. The van der Waals surface area contributed by atoms with Gasteiger partial charge in [-0.2, -0.15) is 0 Å². The van der Waals surface area contributed by atoms with Crippen LogP contribution in [0.3, 0.4) is 0 Å². The number of anilines is 1. The first-order valence-electron chi connectivity index (χ1n) is 15.0. The van der Waals surface area contributed by atoms with Gasteiger partial charge < -0.3 is 25.0 Å². The average molecular weight is 582 g/mol. The van der Waals surface area contributed by atoms with Crippen molar-refractivity contribution in [2.45, 2.75) is 76.2 Å². The maximum atomic E-state index is 13.2. The number of nitrogens with zero attached hydrogens (tertiary/aromatic N) is 3. The standard InChI is InChI=1S/C31H40ClN5O4/c1-29(2)18-33-24(17-41-29)20-3-7-23(8-4-20)37-25(32)15-21-16-36(28(39)34-26(21)37)19-30(40)11-13-35(14-12-30)27(38)31(9-10-31)22-5-6-22/h3-4,7-8,15,22,24,33,40H,5-6,9-14,16-19H2,1-2H3,(H,34,39)/t24-/m1/s1. The molecule has 1 aromatic heterocycles. The Bertz CT molecular complexity index is 1350. The number of hydrogen-bond donors (Lipinski definition) is 3. The predicted octanol–water partition coefficient (Wildman–Crippen LogP) is 4.46. The summed E-state index contributed by atoms with van der Waals surface area (Å²) in [5.74, 6) is 1.53. The van der Waals surface area contributed by atoms with Crippen LogP contribution in [0, 0.1) is 11.3 Å². The van der Waals surface area contributed by atoms with Crippen LogP contribution in [-0.2, 0) is 16.1 Å². The van der Waals surface area contributed by atoms with Gasteiger partial charge in [-0.1, -0.05) is 23.7 Å². The van der Waals surface area contributed by atoms with Gasteiger partial charge in [-0.05, 0) is 82.1 Å². The topological polar surface area (TPSA) is 99.1 Å². The number of fused-ring (bicyclic) bond motifs is 1. The Kier molecular flexibility index (Phi) is 6.47. The van der Waals surface area contributed by atoms with Gasteiger partial charge in [-0.3, -0.25) is 14.7 Å². The number of piperidine rings is 1. The quantitative estimate of drug-likeness (QED) is 0.468. The van der Waals surface area contributed by atoms with Gasteiger partial charge in [0.2, 0.25) is 5.91 Å². The summed E-state index contributed by atoms with van der Waals surface area (Å²) >= 11 is 6.69. The maximum Gasteiger partial charge on any atom is 0.323 e. The number of aliphatic hydroxyl groups is 1. The number of hydrogen-bond acceptors (Lipinski definition) is 5. The molecular formula is C31H40ClN5O4. The minimum absolute atomic E-state index is 0.0935. The Balaban J connectivity index is 1.00. The van der Waals surface area contributed by atoms with Crippen LogP contribution in [-0.4, -0.2) is 75.4 Å². The Morgan fingerprint density at radius 3 is 2.44 bits per heavy atom. The number of aromatic nitrogens is 1. The van der Waals surface area contributed by atoms with Crippen LogP contribution in [0.25, 0.3) is 5.69 Å². The molecule has 0 unspecified atom stereocenters. The minimum atomic E-state index is -1.02. The number of likely N-dealkylation sites (tertiary alicyclic amines) is 1. The molecule has 41 heavy (non-hydrogen) atoms. The van der Waals surface area contributed by atoms with Crippen LogP contribution in [0.4, 0.5) is 10.6 Å². The SMILES string of the molecule is CC1(C)CN[C@@H](c2ccc(-n3c(Cl)cc4c3NC(=O)N(CC3(O)CCN(C(=O)C5(C6CC6)CC5)CC3)C4)cc2)CO1. The van der Waals surface area contributed by atoms with Crippen molar-refractivity contribution in [1.82, 2.24) is 19.7 Å². The van der Waals surface area contributed by atoms with E-state index in [1.54, 1.807) is 4.90 Å². The lowest BCUT2D eigenvalue weighted by Gasteiger charge is -2.42. The molecular weight excluding hydrogens is 542 g/mol. The van der Waals surface area contributed by atoms with Crippen LogP contribution in [0.5, 0.6) is 0 Å². The van der Waals surface area contributed by atoms with E-state index in [1.165, 1.54) is 12.8 Å². The van der Waals surface area contributed by atoms with Crippen molar-refractivity contribution < 1.29 is 19.4 Å². The van der Waals surface area contributed by atoms with Crippen molar-refractivity contribution in [3.63, 3.8) is 0 Å². The van der Waals surface area contributed by atoms with E-state index in [9.17, 15) is 14.7 Å². The van der Waals surface area contributed by atoms with E-state index in [1.807, 2.05) is 27.7 Å². The highest BCUT2D eigenvalue weighted by atomic mass is 35.5. The van der Waals surface area contributed by atoms with Gasteiger partial charge in [-0.15, -0.1) is 0 Å². The van der Waals surface area contributed by atoms with Gasteiger partial charge in [0.25, 0.3) is 0 Å². The zero-order chi connectivity index (χ0) is 28.6. The lowest BCUT2D eigenvalue weighted by molar-refractivity contribution is -0.142. The second-order valence-corrected chi connectivity index (χ2v) is 13.9. The first kappa shape index (κ1) is 27.3. The molecule has 2 aromatic rings. The molecule has 10 heteroatoms. The van der Waals surface area contributed by atoms with E-state index in [0.29, 0.717) is 61.9 Å². The van der Waals surface area contributed by atoms with Gasteiger partial charge in [-0.25, -0.2) is 4.79 Å². The zero-order valence-corrected chi connectivity index (χ0v) is 24.7. The van der Waals surface area contributed by atoms with E-state index >= 15 is 0 Å². The molecule has 0 bridgehead atoms. The van der Waals surface area contributed by atoms with Crippen molar-refractivity contribution in [3.8, 4) is 5.69 Å². The average Bonchev–Trinajstić information content (AvgIpc) is 3.86. The second-order valence-electron chi connectivity index (χ2n) is 13.5. The van der Waals surface area contributed by atoms with E-state index < -0.39 is 5.60 Å². The molecule has 4 heterocycles. The molecule has 4 fully saturated rings. The summed E-state index contributed by atoms with van der Waals surface area (Å²) in [6.07, 6.45) is 5.35. The Hall–Kier alpha value is -2.59. The van der Waals surface area contributed by atoms with Gasteiger partial charge in [0.05, 0.1) is 42.4 Å². The number of amides is 3. The Labute approximate surface area is 246 Å². The highest BCUT2D eigenvalue weighted by Crippen LogP contribution is 2.62. The molecule has 7 rings (SSSR count). The fourth-order valence-corrected chi connectivity index (χ4v) is 7.31. The van der Waals surface area contributed by atoms with Crippen LogP contribution in [0.2, 0.25) is 5.15 Å². The number of carbonyl (C=O) groups is 2. The number of morpholine rings is 1. The van der Waals surface area contributed by atoms with E-state index in [-0.39, 0.29) is 29.6 Å². The van der Waals surface area contributed by atoms with E-state index in [4.69, 9.17) is 16.3 Å². The highest BCUT2D eigenvalue weighted by Gasteiger charge is 2.60. The molecule has 1 atom stereocenters. The van der Waals surface area contributed by atoms with Gasteiger partial charge in [0.1, 0.15) is 11.0 Å². The van der Waals surface area contributed by atoms with Gasteiger partial charge in [0, 0.05) is 30.9 Å². The molecule has 2 aliphatic carbocycles. The molecule has 0 radical (unpaired) electrons. The maximum absolute atomic E-state index is 13.2. The van der Waals surface area contributed by atoms with Crippen LogP contribution >= 0.6 is 11.6 Å². The normalized spacial score (nSPS) is 26.3. The first-order chi connectivity index (χ1) is 19.6. The number of nitrogens with one attached hydrogen (secondary N) is 2. The molecule has 3 aliphatic heterocycles. The van der Waals surface area contributed by atoms with Crippen molar-refractivity contribution in [3.05, 3.63) is 46.6 Å². The van der Waals surface area contributed by atoms with Crippen molar-refractivity contribution >= 4 is 29.4 Å². The van der Waals surface area contributed by atoms with Crippen molar-refractivity contribution in [2.24, 2.45) is 11.3 Å². The molecule has 0 spiro atoms. The number of rotatable bonds is 6. The molecule has 1 aromatic carbocycles. The molecule has 3 amide bonds. The summed E-state index contributed by atoms with van der Waals surface area (Å²) in [7, 11) is 0. The number of carbonyl (C=O) groups excluding carboxylic acids is 2. The molecule has 9 nitrogen and oxygen atoms in total. The number of urea groups is 1. The smallest absolute Gasteiger partial charge is 0.323 e. The third-order valence-electron chi connectivity index (χ3n) is 9.92. The Morgan fingerprint density at radius 2 is 1.83 bits per heavy atom. The van der Waals surface area contributed by atoms with Crippen LogP contribution in [0.15, 0.2) is 30.3 Å². The van der Waals surface area contributed by atoms with Crippen molar-refractivity contribution in [1.29, 1.82) is 0 Å². The van der Waals surface area contributed by atoms with Gasteiger partial charge in [0.15, 0.2) is 0 Å². The largest absolute Gasteiger partial charge is 0.388 e.